The molecule has 0 atom stereocenters. The molecule has 0 spiro atoms. The average Bonchev–Trinajstić information content (AvgIpc) is 3.28. The standard InChI is InChI=1S/C32H37N5O4/c1-18(30(34)38)16-37-17-27-24(32(37)40)12-7-19-5-6-20(13-25(19)27)21-14-26(29(33)28(15-21)41-4)31(39)35-22-8-10-23(11-9-22)36(2)3/h5-7,12-15,22-23H,1,8-11,16-17,33H2,2-4H3,(H2,34,38)(H,35,39)/t22-,23-. The normalized spacial score (nSPS) is 18.4. The first-order valence-electron chi connectivity index (χ1n) is 13.8. The molecule has 9 heteroatoms. The molecular weight excluding hydrogens is 518 g/mol. The van der Waals surface area contributed by atoms with Gasteiger partial charge in [0, 0.05) is 29.8 Å². The van der Waals surface area contributed by atoms with Crippen molar-refractivity contribution in [2.75, 3.05) is 33.5 Å². The highest BCUT2D eigenvalue weighted by Gasteiger charge is 2.30. The molecule has 1 saturated carbocycles. The molecular formula is C32H37N5O4. The van der Waals surface area contributed by atoms with Gasteiger partial charge in [-0.15, -0.1) is 0 Å². The molecule has 0 unspecified atom stereocenters. The fourth-order valence-electron chi connectivity index (χ4n) is 5.95. The lowest BCUT2D eigenvalue weighted by molar-refractivity contribution is -0.114. The van der Waals surface area contributed by atoms with E-state index in [2.05, 4.69) is 30.9 Å². The van der Waals surface area contributed by atoms with Crippen molar-refractivity contribution in [3.63, 3.8) is 0 Å². The van der Waals surface area contributed by atoms with Gasteiger partial charge in [-0.2, -0.15) is 0 Å². The molecule has 0 saturated heterocycles. The summed E-state index contributed by atoms with van der Waals surface area (Å²) < 4.78 is 5.57. The molecule has 3 aromatic carbocycles. The number of fused-ring (bicyclic) bond motifs is 3. The Morgan fingerprint density at radius 2 is 1.78 bits per heavy atom. The van der Waals surface area contributed by atoms with E-state index in [1.165, 1.54) is 7.11 Å². The van der Waals surface area contributed by atoms with Crippen LogP contribution in [0.2, 0.25) is 0 Å². The number of nitrogen functional groups attached to an aromatic ring is 1. The zero-order valence-corrected chi connectivity index (χ0v) is 23.8. The molecule has 2 aliphatic rings. The highest BCUT2D eigenvalue weighted by molar-refractivity contribution is 6.06. The highest BCUT2D eigenvalue weighted by atomic mass is 16.5. The second kappa shape index (κ2) is 11.2. The van der Waals surface area contributed by atoms with Crippen LogP contribution in [0.4, 0.5) is 5.69 Å². The van der Waals surface area contributed by atoms with E-state index in [-0.39, 0.29) is 30.0 Å². The second-order valence-electron chi connectivity index (χ2n) is 11.2. The Morgan fingerprint density at radius 3 is 2.44 bits per heavy atom. The number of carbonyl (C=O) groups is 3. The largest absolute Gasteiger partial charge is 0.495 e. The molecule has 1 heterocycles. The number of amides is 3. The number of anilines is 1. The number of carbonyl (C=O) groups excluding carboxylic acids is 3. The summed E-state index contributed by atoms with van der Waals surface area (Å²) in [6.07, 6.45) is 3.91. The van der Waals surface area contributed by atoms with Gasteiger partial charge in [-0.3, -0.25) is 14.4 Å². The van der Waals surface area contributed by atoms with Crippen molar-refractivity contribution in [1.29, 1.82) is 0 Å². The quantitative estimate of drug-likeness (QED) is 0.287. The van der Waals surface area contributed by atoms with Gasteiger partial charge in [0.05, 0.1) is 24.9 Å². The molecule has 5 N–H and O–H groups in total. The molecule has 0 aromatic heterocycles. The van der Waals surface area contributed by atoms with Gasteiger partial charge in [0.15, 0.2) is 0 Å². The molecule has 41 heavy (non-hydrogen) atoms. The summed E-state index contributed by atoms with van der Waals surface area (Å²) in [6.45, 7) is 4.12. The van der Waals surface area contributed by atoms with Crippen molar-refractivity contribution in [3.05, 3.63) is 71.3 Å². The minimum Gasteiger partial charge on any atom is -0.495 e. The third kappa shape index (κ3) is 5.50. The zero-order valence-electron chi connectivity index (χ0n) is 23.8. The number of nitrogens with two attached hydrogens (primary N) is 2. The van der Waals surface area contributed by atoms with E-state index in [4.69, 9.17) is 16.2 Å². The molecule has 0 radical (unpaired) electrons. The maximum absolute atomic E-state index is 13.4. The first-order chi connectivity index (χ1) is 19.6. The van der Waals surface area contributed by atoms with E-state index < -0.39 is 5.91 Å². The van der Waals surface area contributed by atoms with Gasteiger partial charge in [-0.05, 0) is 91.5 Å². The zero-order chi connectivity index (χ0) is 29.4. The number of hydrogen-bond donors (Lipinski definition) is 3. The summed E-state index contributed by atoms with van der Waals surface area (Å²) in [5, 5.41) is 5.08. The Hall–Kier alpha value is -4.37. The first-order valence-corrected chi connectivity index (χ1v) is 13.8. The Balaban J connectivity index is 1.45. The minimum atomic E-state index is -0.626. The molecule has 3 amide bonds. The number of rotatable bonds is 8. The van der Waals surface area contributed by atoms with Crippen LogP contribution in [0, 0.1) is 0 Å². The number of nitrogens with zero attached hydrogens (tertiary/aromatic N) is 2. The predicted octanol–water partition coefficient (Wildman–Crippen LogP) is 3.70. The van der Waals surface area contributed by atoms with Crippen LogP contribution in [0.3, 0.4) is 0 Å². The van der Waals surface area contributed by atoms with Crippen LogP contribution in [-0.2, 0) is 11.3 Å². The highest BCUT2D eigenvalue weighted by Crippen LogP contribution is 2.37. The Bertz CT molecular complexity index is 1560. The maximum Gasteiger partial charge on any atom is 0.254 e. The fraction of sp³-hybridized carbons (Fsp3) is 0.344. The molecule has 214 valence electrons. The molecule has 1 aliphatic heterocycles. The van der Waals surface area contributed by atoms with Gasteiger partial charge in [-0.25, -0.2) is 0 Å². The van der Waals surface area contributed by atoms with Crippen LogP contribution in [0.25, 0.3) is 21.9 Å². The topological polar surface area (TPSA) is 131 Å². The van der Waals surface area contributed by atoms with Gasteiger partial charge in [0.2, 0.25) is 5.91 Å². The van der Waals surface area contributed by atoms with Crippen LogP contribution in [-0.4, -0.2) is 67.4 Å². The lowest BCUT2D eigenvalue weighted by Crippen LogP contribution is -2.42. The minimum absolute atomic E-state index is 0.0778. The van der Waals surface area contributed by atoms with E-state index in [0.717, 1.165) is 53.1 Å². The smallest absolute Gasteiger partial charge is 0.254 e. The molecule has 9 nitrogen and oxygen atoms in total. The lowest BCUT2D eigenvalue weighted by atomic mass is 9.90. The van der Waals surface area contributed by atoms with E-state index in [9.17, 15) is 14.4 Å². The van der Waals surface area contributed by atoms with Crippen molar-refractivity contribution in [2.45, 2.75) is 44.3 Å². The number of hydrogen-bond acceptors (Lipinski definition) is 6. The summed E-state index contributed by atoms with van der Waals surface area (Å²) in [4.78, 5) is 41.8. The van der Waals surface area contributed by atoms with Gasteiger partial charge >= 0.3 is 0 Å². The van der Waals surface area contributed by atoms with Crippen LogP contribution >= 0.6 is 0 Å². The monoisotopic (exact) mass is 555 g/mol. The van der Waals surface area contributed by atoms with E-state index in [1.54, 1.807) is 11.0 Å². The van der Waals surface area contributed by atoms with Gasteiger partial charge in [0.1, 0.15) is 5.75 Å². The van der Waals surface area contributed by atoms with E-state index in [1.807, 2.05) is 36.4 Å². The van der Waals surface area contributed by atoms with Crippen molar-refractivity contribution in [2.24, 2.45) is 5.73 Å². The molecule has 3 aromatic rings. The van der Waals surface area contributed by atoms with Crippen molar-refractivity contribution in [3.8, 4) is 16.9 Å². The fourth-order valence-corrected chi connectivity index (χ4v) is 5.95. The van der Waals surface area contributed by atoms with Crippen molar-refractivity contribution >= 4 is 34.2 Å². The number of ether oxygens (including phenoxy) is 1. The van der Waals surface area contributed by atoms with Crippen molar-refractivity contribution < 1.29 is 19.1 Å². The molecule has 1 fully saturated rings. The number of benzene rings is 3. The summed E-state index contributed by atoms with van der Waals surface area (Å²) in [5.74, 6) is -0.580. The van der Waals surface area contributed by atoms with Crippen LogP contribution in [0.5, 0.6) is 5.75 Å². The number of nitrogens with one attached hydrogen (secondary N) is 1. The van der Waals surface area contributed by atoms with Gasteiger partial charge in [-0.1, -0.05) is 24.8 Å². The number of methoxy groups -OCH3 is 1. The molecule has 5 rings (SSSR count). The average molecular weight is 556 g/mol. The maximum atomic E-state index is 13.4. The predicted molar refractivity (Wildman–Crippen MR) is 161 cm³/mol. The van der Waals surface area contributed by atoms with Crippen LogP contribution < -0.4 is 21.5 Å². The SMILES string of the molecule is C=C(CN1Cc2c(ccc3ccc(-c4cc(OC)c(N)c(C(=O)N[C@H]5CC[C@H](N(C)C)CC5)c4)cc23)C1=O)C(N)=O. The van der Waals surface area contributed by atoms with E-state index >= 15 is 0 Å². The Labute approximate surface area is 240 Å². The first kappa shape index (κ1) is 28.2. The summed E-state index contributed by atoms with van der Waals surface area (Å²) in [6, 6.07) is 14.0. The van der Waals surface area contributed by atoms with Gasteiger partial charge in [0.25, 0.3) is 11.8 Å². The number of primary amides is 1. The van der Waals surface area contributed by atoms with Crippen molar-refractivity contribution in [1.82, 2.24) is 15.1 Å². The van der Waals surface area contributed by atoms with E-state index in [0.29, 0.717) is 35.2 Å². The molecule has 0 bridgehead atoms. The third-order valence-electron chi connectivity index (χ3n) is 8.43. The second-order valence-corrected chi connectivity index (χ2v) is 11.2. The Kier molecular flexibility index (Phi) is 7.73. The third-order valence-corrected chi connectivity index (χ3v) is 8.43. The van der Waals surface area contributed by atoms with Gasteiger partial charge < -0.3 is 31.3 Å². The van der Waals surface area contributed by atoms with Crippen LogP contribution in [0.1, 0.15) is 52.0 Å². The molecule has 1 aliphatic carbocycles. The summed E-state index contributed by atoms with van der Waals surface area (Å²) in [7, 11) is 5.73. The Morgan fingerprint density at radius 1 is 1.07 bits per heavy atom. The lowest BCUT2D eigenvalue weighted by Gasteiger charge is -2.33. The van der Waals surface area contributed by atoms with Crippen LogP contribution in [0.15, 0.2) is 54.6 Å². The summed E-state index contributed by atoms with van der Waals surface area (Å²) in [5.41, 5.74) is 15.7. The summed E-state index contributed by atoms with van der Waals surface area (Å²) >= 11 is 0.